The number of alkyl halides is 3. The van der Waals surface area contributed by atoms with Crippen molar-refractivity contribution in [3.63, 3.8) is 0 Å². The van der Waals surface area contributed by atoms with Crippen molar-refractivity contribution in [3.8, 4) is 0 Å². The summed E-state index contributed by atoms with van der Waals surface area (Å²) in [5.74, 6) is 0.224. The van der Waals surface area contributed by atoms with Crippen molar-refractivity contribution in [2.45, 2.75) is 25.9 Å². The van der Waals surface area contributed by atoms with Gasteiger partial charge in [-0.15, -0.1) is 0 Å². The quantitative estimate of drug-likeness (QED) is 0.814. The van der Waals surface area contributed by atoms with Crippen LogP contribution in [-0.2, 0) is 6.18 Å². The molecule has 0 amide bonds. The molecule has 1 nitrogen and oxygen atoms in total. The number of aryl methyl sites for hydroxylation is 1. The predicted molar refractivity (Wildman–Crippen MR) is 79.5 cm³/mol. The maximum Gasteiger partial charge on any atom is 0.416 e. The number of benzene rings is 2. The molecule has 0 radical (unpaired) electrons. The lowest BCUT2D eigenvalue weighted by atomic mass is 10.0. The Morgan fingerprint density at radius 1 is 1.05 bits per heavy atom. The Bertz CT molecular complexity index is 591. The van der Waals surface area contributed by atoms with Crippen LogP contribution in [0.5, 0.6) is 0 Å². The number of rotatable bonds is 4. The first-order chi connectivity index (χ1) is 9.88. The first-order valence-electron chi connectivity index (χ1n) is 6.84. The van der Waals surface area contributed by atoms with Gasteiger partial charge >= 0.3 is 6.18 Å². The molecule has 0 saturated heterocycles. The van der Waals surface area contributed by atoms with E-state index in [1.165, 1.54) is 19.1 Å². The second kappa shape index (κ2) is 6.20. The molecule has 0 aliphatic rings. The summed E-state index contributed by atoms with van der Waals surface area (Å²) in [6, 6.07) is 14.2. The van der Waals surface area contributed by atoms with Crippen molar-refractivity contribution in [3.05, 3.63) is 65.2 Å². The second-order valence-electron chi connectivity index (χ2n) is 5.22. The average Bonchev–Trinajstić information content (AvgIpc) is 2.45. The number of anilines is 1. The first-order valence-corrected chi connectivity index (χ1v) is 6.84. The van der Waals surface area contributed by atoms with Gasteiger partial charge in [-0.3, -0.25) is 0 Å². The summed E-state index contributed by atoms with van der Waals surface area (Å²) < 4.78 is 38.6. The fourth-order valence-electron chi connectivity index (χ4n) is 2.21. The third-order valence-corrected chi connectivity index (χ3v) is 3.52. The Labute approximate surface area is 122 Å². The molecule has 1 unspecified atom stereocenters. The molecule has 1 N–H and O–H groups in total. The summed E-state index contributed by atoms with van der Waals surface area (Å²) in [5, 5.41) is 3.08. The van der Waals surface area contributed by atoms with E-state index in [0.29, 0.717) is 12.2 Å². The minimum absolute atomic E-state index is 0.224. The highest BCUT2D eigenvalue weighted by Crippen LogP contribution is 2.33. The average molecular weight is 293 g/mol. The summed E-state index contributed by atoms with van der Waals surface area (Å²) in [4.78, 5) is 0. The highest BCUT2D eigenvalue weighted by atomic mass is 19.4. The zero-order chi connectivity index (χ0) is 15.5. The molecule has 0 heterocycles. The van der Waals surface area contributed by atoms with Crippen molar-refractivity contribution < 1.29 is 13.2 Å². The van der Waals surface area contributed by atoms with Crippen molar-refractivity contribution in [2.75, 3.05) is 11.9 Å². The van der Waals surface area contributed by atoms with Crippen LogP contribution in [0, 0.1) is 6.92 Å². The molecule has 21 heavy (non-hydrogen) atoms. The maximum atomic E-state index is 12.9. The van der Waals surface area contributed by atoms with E-state index in [4.69, 9.17) is 0 Å². The molecule has 2 rings (SSSR count). The standard InChI is InChI=1S/C17H18F3N/c1-12-8-9-15(10-16(12)17(18,19)20)21-11-13(2)14-6-4-3-5-7-14/h3-10,13,21H,11H2,1-2H3. The van der Waals surface area contributed by atoms with Gasteiger partial charge in [-0.05, 0) is 36.1 Å². The minimum atomic E-state index is -4.31. The molecule has 2 aromatic rings. The van der Waals surface area contributed by atoms with Crippen LogP contribution in [0.25, 0.3) is 0 Å². The summed E-state index contributed by atoms with van der Waals surface area (Å²) in [6.07, 6.45) is -4.31. The number of halogens is 3. The van der Waals surface area contributed by atoms with Gasteiger partial charge in [-0.25, -0.2) is 0 Å². The van der Waals surface area contributed by atoms with E-state index in [0.717, 1.165) is 5.56 Å². The van der Waals surface area contributed by atoms with Crippen molar-refractivity contribution in [2.24, 2.45) is 0 Å². The Kier molecular flexibility index (Phi) is 4.56. The summed E-state index contributed by atoms with van der Waals surface area (Å²) in [7, 11) is 0. The molecule has 0 fully saturated rings. The minimum Gasteiger partial charge on any atom is -0.384 e. The van der Waals surface area contributed by atoms with Crippen LogP contribution in [0.3, 0.4) is 0 Å². The second-order valence-corrected chi connectivity index (χ2v) is 5.22. The Hall–Kier alpha value is -1.97. The zero-order valence-corrected chi connectivity index (χ0v) is 12.0. The molecule has 0 aromatic heterocycles. The lowest BCUT2D eigenvalue weighted by Gasteiger charge is -2.16. The molecule has 2 aromatic carbocycles. The molecule has 0 spiro atoms. The van der Waals surface area contributed by atoms with E-state index in [1.54, 1.807) is 6.07 Å². The molecule has 0 saturated carbocycles. The van der Waals surface area contributed by atoms with Crippen LogP contribution in [0.2, 0.25) is 0 Å². The van der Waals surface area contributed by atoms with Gasteiger partial charge in [0.05, 0.1) is 5.56 Å². The molecule has 0 bridgehead atoms. The SMILES string of the molecule is Cc1ccc(NCC(C)c2ccccc2)cc1C(F)(F)F. The van der Waals surface area contributed by atoms with Crippen molar-refractivity contribution >= 4 is 5.69 Å². The van der Waals surface area contributed by atoms with E-state index in [1.807, 2.05) is 37.3 Å². The smallest absolute Gasteiger partial charge is 0.384 e. The highest BCUT2D eigenvalue weighted by Gasteiger charge is 2.32. The molecule has 0 aliphatic heterocycles. The summed E-state index contributed by atoms with van der Waals surface area (Å²) >= 11 is 0. The van der Waals surface area contributed by atoms with Gasteiger partial charge in [0.2, 0.25) is 0 Å². The third kappa shape index (κ3) is 4.00. The summed E-state index contributed by atoms with van der Waals surface area (Å²) in [6.45, 7) is 4.10. The molecule has 0 aliphatic carbocycles. The fourth-order valence-corrected chi connectivity index (χ4v) is 2.21. The van der Waals surface area contributed by atoms with Crippen LogP contribution in [-0.4, -0.2) is 6.54 Å². The predicted octanol–water partition coefficient (Wildman–Crippen LogP) is 5.23. The van der Waals surface area contributed by atoms with Crippen LogP contribution in [0.15, 0.2) is 48.5 Å². The van der Waals surface area contributed by atoms with E-state index in [-0.39, 0.29) is 11.5 Å². The van der Waals surface area contributed by atoms with Gasteiger partial charge in [0.1, 0.15) is 0 Å². The molecular weight excluding hydrogens is 275 g/mol. The highest BCUT2D eigenvalue weighted by molar-refractivity contribution is 5.49. The van der Waals surface area contributed by atoms with Crippen LogP contribution in [0.1, 0.15) is 29.5 Å². The number of hydrogen-bond acceptors (Lipinski definition) is 1. The Balaban J connectivity index is 2.07. The van der Waals surface area contributed by atoms with E-state index in [2.05, 4.69) is 5.32 Å². The molecule has 112 valence electrons. The number of hydrogen-bond donors (Lipinski definition) is 1. The van der Waals surface area contributed by atoms with Gasteiger partial charge < -0.3 is 5.32 Å². The van der Waals surface area contributed by atoms with Crippen LogP contribution < -0.4 is 5.32 Å². The van der Waals surface area contributed by atoms with E-state index >= 15 is 0 Å². The Morgan fingerprint density at radius 3 is 2.33 bits per heavy atom. The van der Waals surface area contributed by atoms with E-state index in [9.17, 15) is 13.2 Å². The normalized spacial score (nSPS) is 13.0. The van der Waals surface area contributed by atoms with Crippen molar-refractivity contribution in [1.82, 2.24) is 0 Å². The fraction of sp³-hybridized carbons (Fsp3) is 0.294. The lowest BCUT2D eigenvalue weighted by molar-refractivity contribution is -0.138. The van der Waals surface area contributed by atoms with Crippen LogP contribution in [0.4, 0.5) is 18.9 Å². The largest absolute Gasteiger partial charge is 0.416 e. The molecular formula is C17H18F3N. The van der Waals surface area contributed by atoms with Crippen molar-refractivity contribution in [1.29, 1.82) is 0 Å². The number of nitrogens with one attached hydrogen (secondary N) is 1. The monoisotopic (exact) mass is 293 g/mol. The zero-order valence-electron chi connectivity index (χ0n) is 12.0. The Morgan fingerprint density at radius 2 is 1.71 bits per heavy atom. The topological polar surface area (TPSA) is 12.0 Å². The third-order valence-electron chi connectivity index (χ3n) is 3.52. The summed E-state index contributed by atoms with van der Waals surface area (Å²) in [5.41, 5.74) is 1.31. The van der Waals surface area contributed by atoms with Gasteiger partial charge in [0.25, 0.3) is 0 Å². The van der Waals surface area contributed by atoms with Gasteiger partial charge in [-0.2, -0.15) is 13.2 Å². The maximum absolute atomic E-state index is 12.9. The van der Waals surface area contributed by atoms with Crippen LogP contribution >= 0.6 is 0 Å². The first kappa shape index (κ1) is 15.4. The molecule has 1 atom stereocenters. The molecule has 4 heteroatoms. The van der Waals surface area contributed by atoms with Gasteiger partial charge in [0.15, 0.2) is 0 Å². The van der Waals surface area contributed by atoms with Gasteiger partial charge in [0, 0.05) is 12.2 Å². The van der Waals surface area contributed by atoms with E-state index < -0.39 is 11.7 Å². The lowest BCUT2D eigenvalue weighted by Crippen LogP contribution is -2.12. The van der Waals surface area contributed by atoms with Gasteiger partial charge in [-0.1, -0.05) is 43.3 Å².